The fraction of sp³-hybridized carbons (Fsp3) is 0.238. The van der Waals surface area contributed by atoms with Crippen LogP contribution < -0.4 is 10.6 Å². The molecule has 3 rings (SSSR count). The highest BCUT2D eigenvalue weighted by Crippen LogP contribution is 2.25. The van der Waals surface area contributed by atoms with Crippen LogP contribution in [0.5, 0.6) is 0 Å². The van der Waals surface area contributed by atoms with E-state index in [-0.39, 0.29) is 24.0 Å². The SMILES string of the molecule is Cc1cc(Br)cc(C)c1NC(=O)CSc1nnc(CC(=O)Nc2ccccc2)n1C. The fourth-order valence-corrected chi connectivity index (χ4v) is 4.33. The summed E-state index contributed by atoms with van der Waals surface area (Å²) in [5.74, 6) is 0.426. The third kappa shape index (κ3) is 5.70. The highest BCUT2D eigenvalue weighted by atomic mass is 79.9. The standard InChI is InChI=1S/C21H22BrN5O2S/c1-13-9-15(22)10-14(2)20(13)24-19(29)12-30-21-26-25-17(27(21)3)11-18(28)23-16-7-5-4-6-8-16/h4-10H,11-12H2,1-3H3,(H,23,28)(H,24,29). The van der Waals surface area contributed by atoms with Crippen molar-refractivity contribution in [3.8, 4) is 0 Å². The molecular weight excluding hydrogens is 466 g/mol. The van der Waals surface area contributed by atoms with Gasteiger partial charge in [0.1, 0.15) is 5.82 Å². The number of aryl methyl sites for hydroxylation is 2. The monoisotopic (exact) mass is 487 g/mol. The van der Waals surface area contributed by atoms with Gasteiger partial charge in [-0.3, -0.25) is 9.59 Å². The van der Waals surface area contributed by atoms with Crippen molar-refractivity contribution < 1.29 is 9.59 Å². The topological polar surface area (TPSA) is 88.9 Å². The molecule has 0 aliphatic heterocycles. The molecule has 7 nitrogen and oxygen atoms in total. The molecule has 3 aromatic rings. The molecule has 2 aromatic carbocycles. The number of amides is 2. The minimum atomic E-state index is -0.174. The van der Waals surface area contributed by atoms with Crippen molar-refractivity contribution in [2.45, 2.75) is 25.4 Å². The van der Waals surface area contributed by atoms with Crippen molar-refractivity contribution in [3.63, 3.8) is 0 Å². The number of hydrogen-bond acceptors (Lipinski definition) is 5. The van der Waals surface area contributed by atoms with Crippen molar-refractivity contribution in [1.29, 1.82) is 0 Å². The molecule has 0 aliphatic carbocycles. The number of halogens is 1. The average Bonchev–Trinajstić information content (AvgIpc) is 3.03. The first-order chi connectivity index (χ1) is 14.3. The number of nitrogens with one attached hydrogen (secondary N) is 2. The van der Waals surface area contributed by atoms with Crippen LogP contribution in [0.25, 0.3) is 0 Å². The molecule has 0 saturated heterocycles. The van der Waals surface area contributed by atoms with Crippen LogP contribution in [0.2, 0.25) is 0 Å². The Balaban J connectivity index is 1.56. The Labute approximate surface area is 187 Å². The maximum atomic E-state index is 12.4. The van der Waals surface area contributed by atoms with Crippen molar-refractivity contribution in [1.82, 2.24) is 14.8 Å². The molecule has 0 saturated carbocycles. The van der Waals surface area contributed by atoms with Crippen molar-refractivity contribution in [3.05, 3.63) is 63.9 Å². The second-order valence-electron chi connectivity index (χ2n) is 6.80. The van der Waals surface area contributed by atoms with Crippen molar-refractivity contribution in [2.75, 3.05) is 16.4 Å². The van der Waals surface area contributed by atoms with Gasteiger partial charge < -0.3 is 15.2 Å². The Morgan fingerprint density at radius 1 is 1.03 bits per heavy atom. The molecule has 0 fully saturated rings. The van der Waals surface area contributed by atoms with Crippen molar-refractivity contribution in [2.24, 2.45) is 7.05 Å². The summed E-state index contributed by atoms with van der Waals surface area (Å²) in [6.45, 7) is 3.91. The van der Waals surface area contributed by atoms with Crippen LogP contribution in [0.3, 0.4) is 0 Å². The van der Waals surface area contributed by atoms with Crippen LogP contribution >= 0.6 is 27.7 Å². The largest absolute Gasteiger partial charge is 0.326 e. The first kappa shape index (κ1) is 22.0. The van der Waals surface area contributed by atoms with E-state index in [2.05, 4.69) is 36.8 Å². The number of para-hydroxylation sites is 1. The highest BCUT2D eigenvalue weighted by molar-refractivity contribution is 9.10. The number of thioether (sulfide) groups is 1. The van der Waals surface area contributed by atoms with Gasteiger partial charge in [0.05, 0.1) is 12.2 Å². The maximum Gasteiger partial charge on any atom is 0.234 e. The molecule has 0 radical (unpaired) electrons. The van der Waals surface area contributed by atoms with Gasteiger partial charge in [0.25, 0.3) is 0 Å². The van der Waals surface area contributed by atoms with Crippen LogP contribution in [-0.2, 0) is 23.1 Å². The molecule has 0 aliphatic rings. The maximum absolute atomic E-state index is 12.4. The Morgan fingerprint density at radius 3 is 2.37 bits per heavy atom. The predicted molar refractivity (Wildman–Crippen MR) is 123 cm³/mol. The number of carbonyl (C=O) groups is 2. The minimum Gasteiger partial charge on any atom is -0.326 e. The van der Waals surface area contributed by atoms with Gasteiger partial charge in [0.2, 0.25) is 11.8 Å². The lowest BCUT2D eigenvalue weighted by atomic mass is 10.1. The first-order valence-electron chi connectivity index (χ1n) is 9.26. The predicted octanol–water partition coefficient (Wildman–Crippen LogP) is 4.11. The number of nitrogens with zero attached hydrogens (tertiary/aromatic N) is 3. The number of aromatic nitrogens is 3. The molecule has 0 bridgehead atoms. The molecule has 156 valence electrons. The number of carbonyl (C=O) groups excluding carboxylic acids is 2. The lowest BCUT2D eigenvalue weighted by molar-refractivity contribution is -0.116. The third-order valence-corrected chi connectivity index (χ3v) is 5.87. The third-order valence-electron chi connectivity index (χ3n) is 4.40. The van der Waals surface area contributed by atoms with E-state index in [4.69, 9.17) is 0 Å². The highest BCUT2D eigenvalue weighted by Gasteiger charge is 2.15. The van der Waals surface area contributed by atoms with E-state index in [0.29, 0.717) is 11.0 Å². The average molecular weight is 488 g/mol. The summed E-state index contributed by atoms with van der Waals surface area (Å²) in [6, 6.07) is 13.2. The Kier molecular flexibility index (Phi) is 7.28. The van der Waals surface area contributed by atoms with Crippen molar-refractivity contribution >= 4 is 50.9 Å². The lowest BCUT2D eigenvalue weighted by Gasteiger charge is -2.12. The van der Waals surface area contributed by atoms with Gasteiger partial charge in [-0.05, 0) is 49.2 Å². The summed E-state index contributed by atoms with van der Waals surface area (Å²) in [5.41, 5.74) is 3.53. The number of anilines is 2. The summed E-state index contributed by atoms with van der Waals surface area (Å²) < 4.78 is 2.71. The smallest absolute Gasteiger partial charge is 0.234 e. The molecule has 0 spiro atoms. The molecule has 0 atom stereocenters. The Bertz CT molecular complexity index is 1050. The van der Waals surface area contributed by atoms with Crippen LogP contribution in [0.15, 0.2) is 52.1 Å². The summed E-state index contributed by atoms with van der Waals surface area (Å²) in [4.78, 5) is 24.6. The van der Waals surface area contributed by atoms with Gasteiger partial charge in [-0.25, -0.2) is 0 Å². The molecule has 2 amide bonds. The second kappa shape index (κ2) is 9.90. The van der Waals surface area contributed by atoms with Crippen LogP contribution in [0, 0.1) is 13.8 Å². The van der Waals surface area contributed by atoms with E-state index >= 15 is 0 Å². The van der Waals surface area contributed by atoms with E-state index in [1.54, 1.807) is 11.6 Å². The molecular formula is C21H22BrN5O2S. The minimum absolute atomic E-state index is 0.0996. The first-order valence-corrected chi connectivity index (χ1v) is 11.0. The second-order valence-corrected chi connectivity index (χ2v) is 8.66. The van der Waals surface area contributed by atoms with E-state index in [1.165, 1.54) is 11.8 Å². The Hall–Kier alpha value is -2.65. The Morgan fingerprint density at radius 2 is 1.70 bits per heavy atom. The molecule has 30 heavy (non-hydrogen) atoms. The summed E-state index contributed by atoms with van der Waals surface area (Å²) in [7, 11) is 1.79. The van der Waals surface area contributed by atoms with Gasteiger partial charge in [-0.15, -0.1) is 10.2 Å². The van der Waals surface area contributed by atoms with E-state index in [1.807, 2.05) is 56.3 Å². The van der Waals surface area contributed by atoms with Gasteiger partial charge in [-0.2, -0.15) is 0 Å². The van der Waals surface area contributed by atoms with E-state index in [0.717, 1.165) is 27.0 Å². The zero-order chi connectivity index (χ0) is 21.7. The zero-order valence-electron chi connectivity index (χ0n) is 16.9. The summed E-state index contributed by atoms with van der Waals surface area (Å²) in [5, 5.41) is 14.6. The van der Waals surface area contributed by atoms with Crippen LogP contribution in [-0.4, -0.2) is 32.3 Å². The van der Waals surface area contributed by atoms with E-state index < -0.39 is 0 Å². The van der Waals surface area contributed by atoms with Crippen LogP contribution in [0.1, 0.15) is 17.0 Å². The lowest BCUT2D eigenvalue weighted by Crippen LogP contribution is -2.17. The molecule has 0 unspecified atom stereocenters. The number of hydrogen-bond donors (Lipinski definition) is 2. The van der Waals surface area contributed by atoms with Gasteiger partial charge in [0.15, 0.2) is 5.16 Å². The van der Waals surface area contributed by atoms with Crippen LogP contribution in [0.4, 0.5) is 11.4 Å². The zero-order valence-corrected chi connectivity index (χ0v) is 19.3. The normalized spacial score (nSPS) is 10.7. The quantitative estimate of drug-likeness (QED) is 0.489. The molecule has 9 heteroatoms. The molecule has 1 aromatic heterocycles. The summed E-state index contributed by atoms with van der Waals surface area (Å²) in [6.07, 6.45) is 0.0996. The van der Waals surface area contributed by atoms with Gasteiger partial charge in [-0.1, -0.05) is 45.9 Å². The van der Waals surface area contributed by atoms with Gasteiger partial charge >= 0.3 is 0 Å². The summed E-state index contributed by atoms with van der Waals surface area (Å²) >= 11 is 4.73. The fourth-order valence-electron chi connectivity index (χ4n) is 2.91. The van der Waals surface area contributed by atoms with E-state index in [9.17, 15) is 9.59 Å². The number of rotatable bonds is 7. The molecule has 1 heterocycles. The van der Waals surface area contributed by atoms with Gasteiger partial charge in [0, 0.05) is 22.9 Å². The number of benzene rings is 2. The molecule has 2 N–H and O–H groups in total.